The number of aromatic hydroxyl groups is 1. The minimum absolute atomic E-state index is 0.00650. The fourth-order valence-electron chi connectivity index (χ4n) is 4.08. The number of nitrogens with zero attached hydrogens (tertiary/aromatic N) is 4. The Balaban J connectivity index is 1.41. The number of hydrogen-bond donors (Lipinski definition) is 2. The molecule has 2 N–H and O–H groups in total. The molecule has 0 bridgehead atoms. The number of rotatable bonds is 6. The van der Waals surface area contributed by atoms with Crippen molar-refractivity contribution in [1.82, 2.24) is 14.9 Å². The van der Waals surface area contributed by atoms with E-state index >= 15 is 0 Å². The molecule has 1 fully saturated rings. The lowest BCUT2D eigenvalue weighted by atomic mass is 10.2. The van der Waals surface area contributed by atoms with Crippen LogP contribution in [0.4, 0.5) is 5.69 Å². The van der Waals surface area contributed by atoms with Gasteiger partial charge in [-0.3, -0.25) is 9.30 Å². The van der Waals surface area contributed by atoms with Crippen LogP contribution in [0, 0.1) is 0 Å². The fourth-order valence-corrected chi connectivity index (χ4v) is 7.32. The molecular weight excluding hydrogens is 478 g/mol. The van der Waals surface area contributed by atoms with Crippen LogP contribution in [-0.2, 0) is 10.0 Å². The zero-order chi connectivity index (χ0) is 23.0. The number of hydrogen-bond acceptors (Lipinski definition) is 8. The molecule has 2 aliphatic heterocycles. The molecule has 1 unspecified atom stereocenters. The summed E-state index contributed by atoms with van der Waals surface area (Å²) in [5, 5.41) is 12.3. The third kappa shape index (κ3) is 4.59. The van der Waals surface area contributed by atoms with Crippen LogP contribution in [-0.4, -0.2) is 83.4 Å². The van der Waals surface area contributed by atoms with Crippen LogP contribution < -0.4 is 4.31 Å². The van der Waals surface area contributed by atoms with E-state index in [0.29, 0.717) is 16.5 Å². The predicted octanol–water partition coefficient (Wildman–Crippen LogP) is 3.00. The highest BCUT2D eigenvalue weighted by atomic mass is 32.2. The van der Waals surface area contributed by atoms with Gasteiger partial charge in [-0.15, -0.1) is 0 Å². The molecule has 11 heteroatoms. The number of phenolic OH excluding ortho intramolecular Hbond substituents is 1. The standard InChI is InChI=1S/C22H25N5O3S3/c1-26(33(29,30)20-4-2-3-5-23-20)19-12-16(28)10-15-11-18(25-21(15)19)22-24-13-17(32-22)14-27-6-8-31-9-7-27/h2-5,10-12,17,25,28H,6-9,13-14H2,1H3. The van der Waals surface area contributed by atoms with Crippen molar-refractivity contribution in [2.24, 2.45) is 4.99 Å². The molecule has 1 atom stereocenters. The van der Waals surface area contributed by atoms with Crippen LogP contribution in [0.15, 0.2) is 52.6 Å². The van der Waals surface area contributed by atoms with Crippen molar-refractivity contribution in [3.8, 4) is 5.75 Å². The maximum absolute atomic E-state index is 13.1. The maximum atomic E-state index is 13.1. The SMILES string of the molecule is CN(c1cc(O)cc2cc(C3=NCC(CN4CCSCC4)S3)[nH]c12)S(=O)(=O)c1ccccn1. The molecule has 2 aliphatic rings. The number of sulfonamides is 1. The number of H-pyrrole nitrogens is 1. The molecule has 1 saturated heterocycles. The summed E-state index contributed by atoms with van der Waals surface area (Å²) in [5.41, 5.74) is 1.82. The zero-order valence-electron chi connectivity index (χ0n) is 18.1. The second-order valence-corrected chi connectivity index (χ2v) is 12.5. The van der Waals surface area contributed by atoms with Crippen LogP contribution in [0.3, 0.4) is 0 Å². The van der Waals surface area contributed by atoms with Crippen molar-refractivity contribution < 1.29 is 13.5 Å². The molecule has 3 aromatic rings. The summed E-state index contributed by atoms with van der Waals surface area (Å²) >= 11 is 3.77. The second kappa shape index (κ2) is 9.21. The zero-order valence-corrected chi connectivity index (χ0v) is 20.6. The number of aromatic amines is 1. The van der Waals surface area contributed by atoms with E-state index in [1.54, 1.807) is 30.0 Å². The minimum Gasteiger partial charge on any atom is -0.508 e. The fraction of sp³-hybridized carbons (Fsp3) is 0.364. The minimum atomic E-state index is -3.89. The molecule has 2 aromatic heterocycles. The number of anilines is 1. The Morgan fingerprint density at radius 1 is 1.24 bits per heavy atom. The molecular formula is C22H25N5O3S3. The number of fused-ring (bicyclic) bond motifs is 1. The van der Waals surface area contributed by atoms with Crippen LogP contribution in [0.5, 0.6) is 5.75 Å². The number of aromatic nitrogens is 2. The molecule has 8 nitrogen and oxygen atoms in total. The normalized spacial score (nSPS) is 19.7. The van der Waals surface area contributed by atoms with Gasteiger partial charge >= 0.3 is 0 Å². The molecule has 33 heavy (non-hydrogen) atoms. The van der Waals surface area contributed by atoms with Crippen LogP contribution >= 0.6 is 23.5 Å². The van der Waals surface area contributed by atoms with Gasteiger partial charge in [-0.25, -0.2) is 4.98 Å². The molecule has 0 aliphatic carbocycles. The van der Waals surface area contributed by atoms with Gasteiger partial charge in [-0.1, -0.05) is 17.8 Å². The van der Waals surface area contributed by atoms with Crippen LogP contribution in [0.1, 0.15) is 5.69 Å². The van der Waals surface area contributed by atoms with Gasteiger partial charge < -0.3 is 15.0 Å². The van der Waals surface area contributed by atoms with Gasteiger partial charge in [-0.2, -0.15) is 20.2 Å². The van der Waals surface area contributed by atoms with Gasteiger partial charge in [0, 0.05) is 61.1 Å². The van der Waals surface area contributed by atoms with E-state index in [2.05, 4.69) is 14.9 Å². The summed E-state index contributed by atoms with van der Waals surface area (Å²) in [6.07, 6.45) is 1.44. The van der Waals surface area contributed by atoms with Crippen molar-refractivity contribution in [2.75, 3.05) is 49.0 Å². The highest BCUT2D eigenvalue weighted by Gasteiger charge is 2.28. The third-order valence-electron chi connectivity index (χ3n) is 5.81. The Morgan fingerprint density at radius 2 is 2.06 bits per heavy atom. The molecule has 4 heterocycles. The molecule has 0 spiro atoms. The average Bonchev–Trinajstić information content (AvgIpc) is 3.46. The Hall–Kier alpha value is -2.21. The Kier molecular flexibility index (Phi) is 6.30. The Labute approximate surface area is 201 Å². The third-order valence-corrected chi connectivity index (χ3v) is 9.64. The lowest BCUT2D eigenvalue weighted by molar-refractivity contribution is 0.305. The molecule has 5 rings (SSSR count). The lowest BCUT2D eigenvalue weighted by Crippen LogP contribution is -2.37. The number of thioether (sulfide) groups is 2. The molecule has 174 valence electrons. The Morgan fingerprint density at radius 3 is 2.82 bits per heavy atom. The predicted molar refractivity (Wildman–Crippen MR) is 136 cm³/mol. The van der Waals surface area contributed by atoms with Crippen molar-refractivity contribution in [2.45, 2.75) is 10.3 Å². The average molecular weight is 504 g/mol. The summed E-state index contributed by atoms with van der Waals surface area (Å²) < 4.78 is 27.4. The van der Waals surface area contributed by atoms with E-state index in [1.807, 2.05) is 17.8 Å². The highest BCUT2D eigenvalue weighted by Crippen LogP contribution is 2.36. The van der Waals surface area contributed by atoms with Gasteiger partial charge in [0.05, 0.1) is 23.4 Å². The molecule has 0 saturated carbocycles. The second-order valence-electron chi connectivity index (χ2n) is 8.05. The largest absolute Gasteiger partial charge is 0.508 e. The van der Waals surface area contributed by atoms with Crippen molar-refractivity contribution in [1.29, 1.82) is 0 Å². The van der Waals surface area contributed by atoms with Crippen molar-refractivity contribution in [3.63, 3.8) is 0 Å². The summed E-state index contributed by atoms with van der Waals surface area (Å²) in [5.74, 6) is 2.37. The smallest absolute Gasteiger partial charge is 0.281 e. The van der Waals surface area contributed by atoms with E-state index in [9.17, 15) is 13.5 Å². The van der Waals surface area contributed by atoms with Crippen LogP contribution in [0.25, 0.3) is 10.9 Å². The summed E-state index contributed by atoms with van der Waals surface area (Å²) in [7, 11) is -2.42. The van der Waals surface area contributed by atoms with E-state index in [-0.39, 0.29) is 10.8 Å². The molecule has 1 aromatic carbocycles. The van der Waals surface area contributed by atoms with Gasteiger partial charge in [-0.05, 0) is 24.3 Å². The van der Waals surface area contributed by atoms with E-state index in [0.717, 1.165) is 46.6 Å². The first-order valence-electron chi connectivity index (χ1n) is 10.7. The van der Waals surface area contributed by atoms with Gasteiger partial charge in [0.1, 0.15) is 10.8 Å². The molecule has 0 amide bonds. The summed E-state index contributed by atoms with van der Waals surface area (Å²) in [4.78, 5) is 14.6. The summed E-state index contributed by atoms with van der Waals surface area (Å²) in [6.45, 7) is 4.05. The van der Waals surface area contributed by atoms with Crippen LogP contribution in [0.2, 0.25) is 0 Å². The van der Waals surface area contributed by atoms with Crippen molar-refractivity contribution >= 4 is 55.2 Å². The summed E-state index contributed by atoms with van der Waals surface area (Å²) in [6, 6.07) is 9.75. The monoisotopic (exact) mass is 503 g/mol. The highest BCUT2D eigenvalue weighted by molar-refractivity contribution is 8.15. The lowest BCUT2D eigenvalue weighted by Gasteiger charge is -2.28. The van der Waals surface area contributed by atoms with Crippen molar-refractivity contribution in [3.05, 3.63) is 48.3 Å². The van der Waals surface area contributed by atoms with Gasteiger partial charge in [0.2, 0.25) is 0 Å². The first-order chi connectivity index (χ1) is 15.9. The number of nitrogens with one attached hydrogen (secondary N) is 1. The molecule has 0 radical (unpaired) electrons. The van der Waals surface area contributed by atoms with Gasteiger partial charge in [0.25, 0.3) is 10.0 Å². The quantitative estimate of drug-likeness (QED) is 0.533. The van der Waals surface area contributed by atoms with E-state index < -0.39 is 10.0 Å². The number of benzene rings is 1. The number of pyridine rings is 1. The van der Waals surface area contributed by atoms with E-state index in [4.69, 9.17) is 4.99 Å². The number of aliphatic imine (C=N–C) groups is 1. The van der Waals surface area contributed by atoms with Gasteiger partial charge in [0.15, 0.2) is 5.03 Å². The first kappa shape index (κ1) is 22.6. The topological polar surface area (TPSA) is 102 Å². The maximum Gasteiger partial charge on any atom is 0.281 e. The first-order valence-corrected chi connectivity index (χ1v) is 14.2. The Bertz CT molecular complexity index is 1290. The number of phenols is 1. The van der Waals surface area contributed by atoms with E-state index in [1.165, 1.54) is 36.9 Å².